The summed E-state index contributed by atoms with van der Waals surface area (Å²) in [6, 6.07) is 16.2. The van der Waals surface area contributed by atoms with E-state index in [0.29, 0.717) is 55.4 Å². The lowest BCUT2D eigenvalue weighted by Gasteiger charge is -2.37. The SMILES string of the molecule is N#Cc1ccc(CN2CC3(CCN(C(=O)COc4cccc(Cl)c4)CC3)OC2=O)cc1. The molecule has 2 heterocycles. The quantitative estimate of drug-likeness (QED) is 0.710. The van der Waals surface area contributed by atoms with E-state index in [1.54, 1.807) is 46.2 Å². The van der Waals surface area contributed by atoms with Crippen LogP contribution in [0.4, 0.5) is 4.79 Å². The summed E-state index contributed by atoms with van der Waals surface area (Å²) in [5.74, 6) is 0.450. The molecule has 0 radical (unpaired) electrons. The molecule has 0 N–H and O–H groups in total. The van der Waals surface area contributed by atoms with Gasteiger partial charge in [-0.25, -0.2) is 4.79 Å². The molecule has 4 rings (SSSR count). The fourth-order valence-corrected chi connectivity index (χ4v) is 4.12. The summed E-state index contributed by atoms with van der Waals surface area (Å²) in [7, 11) is 0. The first kappa shape index (κ1) is 21.0. The molecule has 2 amide bonds. The summed E-state index contributed by atoms with van der Waals surface area (Å²) in [6.45, 7) is 1.89. The van der Waals surface area contributed by atoms with Crippen LogP contribution in [0.2, 0.25) is 5.02 Å². The molecule has 0 aromatic heterocycles. The number of likely N-dealkylation sites (tertiary alicyclic amines) is 1. The van der Waals surface area contributed by atoms with Gasteiger partial charge in [0.15, 0.2) is 6.61 Å². The van der Waals surface area contributed by atoms with Crippen molar-refractivity contribution < 1.29 is 19.1 Å². The topological polar surface area (TPSA) is 82.9 Å². The second-order valence-corrected chi connectivity index (χ2v) is 8.28. The molecular formula is C23H22ClN3O4. The Hall–Kier alpha value is -3.24. The number of nitrogens with zero attached hydrogens (tertiary/aromatic N) is 3. The third kappa shape index (κ3) is 4.92. The maximum absolute atomic E-state index is 12.5. The van der Waals surface area contributed by atoms with Crippen LogP contribution in [0, 0.1) is 11.3 Å². The fraction of sp³-hybridized carbons (Fsp3) is 0.348. The van der Waals surface area contributed by atoms with Crippen molar-refractivity contribution in [1.29, 1.82) is 5.26 Å². The minimum absolute atomic E-state index is 0.0576. The molecule has 2 aromatic rings. The van der Waals surface area contributed by atoms with Crippen LogP contribution in [-0.4, -0.2) is 53.6 Å². The molecule has 2 aromatic carbocycles. The third-order valence-corrected chi connectivity index (χ3v) is 5.92. The van der Waals surface area contributed by atoms with Gasteiger partial charge >= 0.3 is 6.09 Å². The normalized spacial score (nSPS) is 17.4. The number of rotatable bonds is 5. The number of nitriles is 1. The molecule has 7 nitrogen and oxygen atoms in total. The zero-order valence-electron chi connectivity index (χ0n) is 16.9. The van der Waals surface area contributed by atoms with E-state index in [9.17, 15) is 9.59 Å². The number of carbonyl (C=O) groups excluding carboxylic acids is 2. The van der Waals surface area contributed by atoms with Gasteiger partial charge < -0.3 is 14.4 Å². The van der Waals surface area contributed by atoms with Crippen molar-refractivity contribution in [2.24, 2.45) is 0 Å². The molecular weight excluding hydrogens is 418 g/mol. The van der Waals surface area contributed by atoms with Crippen LogP contribution in [0.25, 0.3) is 0 Å². The first-order valence-corrected chi connectivity index (χ1v) is 10.5. The maximum atomic E-state index is 12.5. The lowest BCUT2D eigenvalue weighted by molar-refractivity contribution is -0.136. The van der Waals surface area contributed by atoms with E-state index in [1.165, 1.54) is 0 Å². The number of piperidine rings is 1. The van der Waals surface area contributed by atoms with Gasteiger partial charge in [-0.15, -0.1) is 0 Å². The van der Waals surface area contributed by atoms with Crippen LogP contribution >= 0.6 is 11.6 Å². The van der Waals surface area contributed by atoms with E-state index < -0.39 is 5.60 Å². The molecule has 2 aliphatic heterocycles. The molecule has 2 fully saturated rings. The number of benzene rings is 2. The summed E-state index contributed by atoms with van der Waals surface area (Å²) >= 11 is 5.93. The minimum atomic E-state index is -0.561. The Morgan fingerprint density at radius 3 is 2.61 bits per heavy atom. The average Bonchev–Trinajstić information content (AvgIpc) is 3.07. The van der Waals surface area contributed by atoms with Gasteiger partial charge in [-0.2, -0.15) is 5.26 Å². The zero-order valence-corrected chi connectivity index (χ0v) is 17.7. The van der Waals surface area contributed by atoms with Gasteiger partial charge in [-0.1, -0.05) is 29.8 Å². The van der Waals surface area contributed by atoms with E-state index >= 15 is 0 Å². The van der Waals surface area contributed by atoms with Crippen LogP contribution < -0.4 is 4.74 Å². The first-order valence-electron chi connectivity index (χ1n) is 10.1. The molecule has 0 bridgehead atoms. The van der Waals surface area contributed by atoms with Crippen LogP contribution in [0.5, 0.6) is 5.75 Å². The lowest BCUT2D eigenvalue weighted by Crippen LogP contribution is -2.49. The predicted molar refractivity (Wildman–Crippen MR) is 114 cm³/mol. The van der Waals surface area contributed by atoms with Gasteiger partial charge in [-0.05, 0) is 35.9 Å². The second kappa shape index (κ2) is 8.86. The third-order valence-electron chi connectivity index (χ3n) is 5.68. The smallest absolute Gasteiger partial charge is 0.410 e. The number of hydrogen-bond donors (Lipinski definition) is 0. The van der Waals surface area contributed by atoms with Crippen molar-refractivity contribution in [3.8, 4) is 11.8 Å². The Morgan fingerprint density at radius 1 is 1.19 bits per heavy atom. The highest BCUT2D eigenvalue weighted by Gasteiger charge is 2.47. The number of hydrogen-bond acceptors (Lipinski definition) is 5. The van der Waals surface area contributed by atoms with Gasteiger partial charge in [0.25, 0.3) is 5.91 Å². The fourth-order valence-electron chi connectivity index (χ4n) is 3.94. The maximum Gasteiger partial charge on any atom is 0.410 e. The molecule has 0 saturated carbocycles. The Kier molecular flexibility index (Phi) is 6.01. The van der Waals surface area contributed by atoms with Crippen LogP contribution in [-0.2, 0) is 16.1 Å². The molecule has 31 heavy (non-hydrogen) atoms. The molecule has 1 spiro atoms. The van der Waals surface area contributed by atoms with E-state index in [4.69, 9.17) is 26.3 Å². The zero-order chi connectivity index (χ0) is 21.8. The molecule has 160 valence electrons. The van der Waals surface area contributed by atoms with Gasteiger partial charge in [-0.3, -0.25) is 9.69 Å². The van der Waals surface area contributed by atoms with Crippen molar-refractivity contribution in [3.05, 3.63) is 64.7 Å². The predicted octanol–water partition coefficient (Wildman–Crippen LogP) is 3.60. The van der Waals surface area contributed by atoms with Crippen molar-refractivity contribution in [3.63, 3.8) is 0 Å². The second-order valence-electron chi connectivity index (χ2n) is 7.84. The lowest BCUT2D eigenvalue weighted by atomic mass is 9.91. The van der Waals surface area contributed by atoms with Gasteiger partial charge in [0.1, 0.15) is 11.4 Å². The number of ether oxygens (including phenoxy) is 2. The molecule has 8 heteroatoms. The summed E-state index contributed by atoms with van der Waals surface area (Å²) < 4.78 is 11.3. The molecule has 2 saturated heterocycles. The van der Waals surface area contributed by atoms with E-state index in [-0.39, 0.29) is 18.6 Å². The Balaban J connectivity index is 1.28. The molecule has 2 aliphatic rings. The number of halogens is 1. The molecule has 0 unspecified atom stereocenters. The number of amides is 2. The van der Waals surface area contributed by atoms with Crippen molar-refractivity contribution in [2.75, 3.05) is 26.2 Å². The highest BCUT2D eigenvalue weighted by atomic mass is 35.5. The average molecular weight is 440 g/mol. The van der Waals surface area contributed by atoms with Crippen LogP contribution in [0.15, 0.2) is 48.5 Å². The Bertz CT molecular complexity index is 1010. The van der Waals surface area contributed by atoms with Gasteiger partial charge in [0.05, 0.1) is 18.2 Å². The number of carbonyl (C=O) groups is 2. The standard InChI is InChI=1S/C23H22ClN3O4/c24-19-2-1-3-20(12-19)30-15-21(28)26-10-8-23(9-11-26)16-27(22(29)31-23)14-18-6-4-17(13-25)5-7-18/h1-7,12H,8-11,14-16H2. The van der Waals surface area contributed by atoms with Crippen LogP contribution in [0.3, 0.4) is 0 Å². The van der Waals surface area contributed by atoms with Gasteiger partial charge in [0.2, 0.25) is 0 Å². The Labute approximate surface area is 185 Å². The molecule has 0 atom stereocenters. The Morgan fingerprint density at radius 2 is 1.94 bits per heavy atom. The highest BCUT2D eigenvalue weighted by molar-refractivity contribution is 6.30. The first-order chi connectivity index (χ1) is 15.0. The summed E-state index contributed by atoms with van der Waals surface area (Å²) in [4.78, 5) is 28.4. The molecule has 0 aliphatic carbocycles. The van der Waals surface area contributed by atoms with Crippen LogP contribution in [0.1, 0.15) is 24.0 Å². The highest BCUT2D eigenvalue weighted by Crippen LogP contribution is 2.34. The van der Waals surface area contributed by atoms with Crippen molar-refractivity contribution in [2.45, 2.75) is 25.0 Å². The summed E-state index contributed by atoms with van der Waals surface area (Å²) in [6.07, 6.45) is 0.838. The van der Waals surface area contributed by atoms with Gasteiger partial charge in [0, 0.05) is 37.5 Å². The largest absolute Gasteiger partial charge is 0.484 e. The summed E-state index contributed by atoms with van der Waals surface area (Å²) in [5.41, 5.74) is 0.966. The summed E-state index contributed by atoms with van der Waals surface area (Å²) in [5, 5.41) is 9.46. The van der Waals surface area contributed by atoms with E-state index in [1.807, 2.05) is 12.1 Å². The monoisotopic (exact) mass is 439 g/mol. The van der Waals surface area contributed by atoms with E-state index in [2.05, 4.69) is 6.07 Å². The minimum Gasteiger partial charge on any atom is -0.484 e. The van der Waals surface area contributed by atoms with Crippen molar-refractivity contribution >= 4 is 23.6 Å². The van der Waals surface area contributed by atoms with Crippen molar-refractivity contribution in [1.82, 2.24) is 9.80 Å². The van der Waals surface area contributed by atoms with E-state index in [0.717, 1.165) is 5.56 Å².